The van der Waals surface area contributed by atoms with Crippen molar-refractivity contribution < 1.29 is 13.2 Å². The maximum absolute atomic E-state index is 12.5. The van der Waals surface area contributed by atoms with Crippen molar-refractivity contribution in [3.8, 4) is 0 Å². The zero-order chi connectivity index (χ0) is 12.5. The van der Waals surface area contributed by atoms with Gasteiger partial charge in [0, 0.05) is 4.91 Å². The molecule has 3 nitrogen and oxygen atoms in total. The molecule has 0 aromatic heterocycles. The maximum atomic E-state index is 12.5. The van der Waals surface area contributed by atoms with Gasteiger partial charge in [0.1, 0.15) is 0 Å². The first-order chi connectivity index (χ1) is 8.02. The predicted octanol–water partition coefficient (Wildman–Crippen LogP) is 2.42. The fourth-order valence-electron chi connectivity index (χ4n) is 1.62. The van der Waals surface area contributed by atoms with Gasteiger partial charge in [-0.3, -0.25) is 4.79 Å². The summed E-state index contributed by atoms with van der Waals surface area (Å²) in [6.45, 7) is 0. The summed E-state index contributed by atoms with van der Waals surface area (Å²) in [5, 5.41) is 1.62. The number of aldehydes is 1. The van der Waals surface area contributed by atoms with Crippen LogP contribution in [0.2, 0.25) is 0 Å². The quantitative estimate of drug-likeness (QED) is 0.625. The molecule has 1 aliphatic heterocycles. The van der Waals surface area contributed by atoms with E-state index in [-0.39, 0.29) is 4.90 Å². The Kier molecular flexibility index (Phi) is 2.97. The van der Waals surface area contributed by atoms with E-state index in [1.165, 1.54) is 0 Å². The molecular formula is C12H12O3S2. The summed E-state index contributed by atoms with van der Waals surface area (Å²) in [6, 6.07) is 8.24. The van der Waals surface area contributed by atoms with Crippen molar-refractivity contribution in [1.82, 2.24) is 0 Å². The molecule has 90 valence electrons. The van der Waals surface area contributed by atoms with Gasteiger partial charge in [-0.15, -0.1) is 0 Å². The number of hydrogen-bond acceptors (Lipinski definition) is 3. The van der Waals surface area contributed by atoms with E-state index in [9.17, 15) is 13.2 Å². The van der Waals surface area contributed by atoms with E-state index < -0.39 is 17.9 Å². The second kappa shape index (κ2) is 4.16. The molecule has 0 spiro atoms. The summed E-state index contributed by atoms with van der Waals surface area (Å²) in [5.74, 6) is 0. The van der Waals surface area contributed by atoms with E-state index in [1.807, 2.05) is 0 Å². The Bertz CT molecular complexity index is 600. The molecule has 0 saturated heterocycles. The molecule has 17 heavy (non-hydrogen) atoms. The highest BCUT2D eigenvalue weighted by molar-refractivity contribution is 8.93. The van der Waals surface area contributed by atoms with Crippen LogP contribution in [-0.4, -0.2) is 21.0 Å². The first-order valence-electron chi connectivity index (χ1n) is 4.94. The molecule has 0 bridgehead atoms. The smallest absolute Gasteiger partial charge is 0.220 e. The molecule has 2 rings (SSSR count). The van der Waals surface area contributed by atoms with Crippen LogP contribution in [0.5, 0.6) is 0 Å². The molecule has 0 fully saturated rings. The molecule has 1 unspecified atom stereocenters. The van der Waals surface area contributed by atoms with Gasteiger partial charge in [0.25, 0.3) is 0 Å². The minimum absolute atomic E-state index is 0.261. The second-order valence-corrected chi connectivity index (χ2v) is 11.0. The van der Waals surface area contributed by atoms with Gasteiger partial charge in [-0.1, -0.05) is 33.3 Å². The SMILES string of the molecule is CS1(S(=O)(=O)c2ccccc2)C=CC=C1C=O. The molecule has 1 heterocycles. The van der Waals surface area contributed by atoms with Crippen LogP contribution in [0.25, 0.3) is 0 Å². The lowest BCUT2D eigenvalue weighted by Crippen LogP contribution is -2.11. The molecule has 0 radical (unpaired) electrons. The average Bonchev–Trinajstić information content (AvgIpc) is 2.73. The van der Waals surface area contributed by atoms with E-state index in [1.54, 1.807) is 54.1 Å². The predicted molar refractivity (Wildman–Crippen MR) is 70.4 cm³/mol. The third kappa shape index (κ3) is 1.75. The summed E-state index contributed by atoms with van der Waals surface area (Å²) in [4.78, 5) is 11.6. The van der Waals surface area contributed by atoms with Gasteiger partial charge in [-0.2, -0.15) is 0 Å². The van der Waals surface area contributed by atoms with E-state index in [2.05, 4.69) is 0 Å². The van der Waals surface area contributed by atoms with Crippen molar-refractivity contribution in [2.75, 3.05) is 6.26 Å². The van der Waals surface area contributed by atoms with Gasteiger partial charge >= 0.3 is 0 Å². The van der Waals surface area contributed by atoms with Gasteiger partial charge in [-0.05, 0) is 29.9 Å². The minimum atomic E-state index is -3.50. The van der Waals surface area contributed by atoms with Crippen molar-refractivity contribution in [3.63, 3.8) is 0 Å². The zero-order valence-corrected chi connectivity index (χ0v) is 10.9. The number of allylic oxidation sites excluding steroid dienone is 3. The highest BCUT2D eigenvalue weighted by Crippen LogP contribution is 2.63. The van der Waals surface area contributed by atoms with Crippen LogP contribution >= 0.6 is 9.06 Å². The molecule has 1 atom stereocenters. The van der Waals surface area contributed by atoms with E-state index >= 15 is 0 Å². The molecule has 1 aliphatic rings. The van der Waals surface area contributed by atoms with Crippen LogP contribution in [0.1, 0.15) is 0 Å². The Balaban J connectivity index is 2.59. The van der Waals surface area contributed by atoms with Crippen LogP contribution in [0.3, 0.4) is 0 Å². The van der Waals surface area contributed by atoms with Crippen molar-refractivity contribution in [1.29, 1.82) is 0 Å². The average molecular weight is 268 g/mol. The van der Waals surface area contributed by atoms with E-state index in [0.717, 1.165) is 0 Å². The Hall–Kier alpha value is -1.33. The van der Waals surface area contributed by atoms with Crippen LogP contribution in [0.4, 0.5) is 0 Å². The monoisotopic (exact) mass is 268 g/mol. The molecular weight excluding hydrogens is 256 g/mol. The van der Waals surface area contributed by atoms with Gasteiger partial charge in [0.2, 0.25) is 8.87 Å². The molecule has 1 aromatic rings. The molecule has 0 N–H and O–H groups in total. The first-order valence-corrected chi connectivity index (χ1v) is 9.05. The van der Waals surface area contributed by atoms with Gasteiger partial charge in [0.15, 0.2) is 6.29 Å². The Morgan fingerprint density at radius 3 is 2.41 bits per heavy atom. The first kappa shape index (κ1) is 12.1. The number of carbonyl (C=O) groups excluding carboxylic acids is 1. The summed E-state index contributed by atoms with van der Waals surface area (Å²) in [5.41, 5.74) is 0. The summed E-state index contributed by atoms with van der Waals surface area (Å²) < 4.78 is 25.0. The van der Waals surface area contributed by atoms with Crippen LogP contribution < -0.4 is 0 Å². The van der Waals surface area contributed by atoms with Crippen molar-refractivity contribution in [3.05, 3.63) is 52.8 Å². The Morgan fingerprint density at radius 2 is 1.82 bits per heavy atom. The second-order valence-electron chi connectivity index (χ2n) is 3.69. The third-order valence-corrected chi connectivity index (χ3v) is 10.5. The summed E-state index contributed by atoms with van der Waals surface area (Å²) >= 11 is 0. The molecule has 1 aromatic carbocycles. The highest BCUT2D eigenvalue weighted by Gasteiger charge is 2.37. The lowest BCUT2D eigenvalue weighted by Gasteiger charge is -2.29. The van der Waals surface area contributed by atoms with Gasteiger partial charge < -0.3 is 0 Å². The normalized spacial score (nSPS) is 27.2. The van der Waals surface area contributed by atoms with E-state index in [4.69, 9.17) is 0 Å². The summed E-state index contributed by atoms with van der Waals surface area (Å²) in [6.07, 6.45) is 5.47. The van der Waals surface area contributed by atoms with Gasteiger partial charge in [-0.25, -0.2) is 8.42 Å². The number of carbonyl (C=O) groups is 1. The Labute approximate surface area is 101 Å². The third-order valence-electron chi connectivity index (χ3n) is 2.67. The van der Waals surface area contributed by atoms with Crippen molar-refractivity contribution in [2.45, 2.75) is 4.90 Å². The molecule has 0 amide bonds. The van der Waals surface area contributed by atoms with Crippen LogP contribution in [0, 0.1) is 0 Å². The van der Waals surface area contributed by atoms with Crippen molar-refractivity contribution in [2.24, 2.45) is 0 Å². The van der Waals surface area contributed by atoms with Gasteiger partial charge in [0.05, 0.1) is 4.90 Å². The fraction of sp³-hybridized carbons (Fsp3) is 0.0833. The number of benzene rings is 1. The maximum Gasteiger partial charge on any atom is 0.220 e. The largest absolute Gasteiger partial charge is 0.297 e. The molecule has 0 saturated carbocycles. The molecule has 5 heteroatoms. The standard InChI is InChI=1S/C12H12O3S2/c1-16(9-5-8-12(16)10-13)17(14,15)11-6-3-2-4-7-11/h2-10H,1H3. The highest BCUT2D eigenvalue weighted by atomic mass is 33.2. The number of hydrogen-bond donors (Lipinski definition) is 0. The minimum Gasteiger partial charge on any atom is -0.297 e. The zero-order valence-electron chi connectivity index (χ0n) is 9.24. The Morgan fingerprint density at radius 1 is 1.18 bits per heavy atom. The van der Waals surface area contributed by atoms with E-state index in [0.29, 0.717) is 11.2 Å². The van der Waals surface area contributed by atoms with Crippen molar-refractivity contribution >= 4 is 24.2 Å². The van der Waals surface area contributed by atoms with Crippen LogP contribution in [-0.2, 0) is 13.7 Å². The molecule has 0 aliphatic carbocycles. The topological polar surface area (TPSA) is 51.2 Å². The van der Waals surface area contributed by atoms with Crippen LogP contribution in [0.15, 0.2) is 57.7 Å². The lowest BCUT2D eigenvalue weighted by atomic mass is 10.4. The fourth-order valence-corrected chi connectivity index (χ4v) is 7.19. The number of rotatable bonds is 3. The summed E-state index contributed by atoms with van der Waals surface area (Å²) in [7, 11) is -5.74. The lowest BCUT2D eigenvalue weighted by molar-refractivity contribution is -0.104.